The summed E-state index contributed by atoms with van der Waals surface area (Å²) in [5, 5.41) is 10.1. The Bertz CT molecular complexity index is 217. The first-order chi connectivity index (χ1) is 6.41. The van der Waals surface area contributed by atoms with E-state index < -0.39 is 0 Å². The number of rotatable bonds is 0. The maximum atomic E-state index is 10.1. The van der Waals surface area contributed by atoms with Gasteiger partial charge in [-0.1, -0.05) is 26.7 Å². The molecule has 0 saturated heterocycles. The van der Waals surface area contributed by atoms with Crippen LogP contribution in [0.15, 0.2) is 0 Å². The van der Waals surface area contributed by atoms with Crippen LogP contribution in [-0.2, 0) is 0 Å². The minimum Gasteiger partial charge on any atom is -0.390 e. The summed E-state index contributed by atoms with van der Waals surface area (Å²) < 4.78 is 0. The van der Waals surface area contributed by atoms with Crippen molar-refractivity contribution in [2.24, 2.45) is 17.3 Å². The van der Waals surface area contributed by atoms with E-state index in [1.54, 1.807) is 0 Å². The van der Waals surface area contributed by atoms with Crippen molar-refractivity contribution < 1.29 is 5.11 Å². The SMILES string of the molecule is CC1(C)CCC[C@H]2C[C@](C)(O)CC[C@H]21. The summed E-state index contributed by atoms with van der Waals surface area (Å²) in [6, 6.07) is 0. The van der Waals surface area contributed by atoms with Gasteiger partial charge in [-0.15, -0.1) is 0 Å². The van der Waals surface area contributed by atoms with Gasteiger partial charge in [-0.05, 0) is 49.9 Å². The number of aliphatic hydroxyl groups is 1. The fraction of sp³-hybridized carbons (Fsp3) is 1.00. The molecule has 0 bridgehead atoms. The summed E-state index contributed by atoms with van der Waals surface area (Å²) >= 11 is 0. The average Bonchev–Trinajstić information content (AvgIpc) is 2.00. The van der Waals surface area contributed by atoms with E-state index in [0.29, 0.717) is 5.41 Å². The zero-order valence-electron chi connectivity index (χ0n) is 9.84. The molecule has 0 aromatic heterocycles. The molecule has 0 radical (unpaired) electrons. The maximum Gasteiger partial charge on any atom is 0.0622 e. The highest BCUT2D eigenvalue weighted by Crippen LogP contribution is 2.52. The first kappa shape index (κ1) is 10.5. The molecule has 1 nitrogen and oxygen atoms in total. The molecule has 2 fully saturated rings. The normalized spacial score (nSPS) is 47.1. The van der Waals surface area contributed by atoms with Gasteiger partial charge in [0.2, 0.25) is 0 Å². The second-order valence-electron chi connectivity index (χ2n) is 6.49. The van der Waals surface area contributed by atoms with E-state index in [1.165, 1.54) is 25.7 Å². The molecule has 0 unspecified atom stereocenters. The summed E-state index contributed by atoms with van der Waals surface area (Å²) in [5.41, 5.74) is 0.161. The first-order valence-electron chi connectivity index (χ1n) is 6.13. The van der Waals surface area contributed by atoms with Gasteiger partial charge in [-0.3, -0.25) is 0 Å². The number of hydrogen-bond acceptors (Lipinski definition) is 1. The molecule has 0 aromatic carbocycles. The van der Waals surface area contributed by atoms with Crippen molar-refractivity contribution in [1.82, 2.24) is 0 Å². The van der Waals surface area contributed by atoms with Crippen LogP contribution in [0, 0.1) is 17.3 Å². The fourth-order valence-corrected chi connectivity index (χ4v) is 3.85. The van der Waals surface area contributed by atoms with Gasteiger partial charge >= 0.3 is 0 Å². The third-order valence-electron chi connectivity index (χ3n) is 4.66. The molecule has 2 saturated carbocycles. The van der Waals surface area contributed by atoms with Crippen LogP contribution in [0.25, 0.3) is 0 Å². The van der Waals surface area contributed by atoms with Gasteiger partial charge in [0, 0.05) is 0 Å². The number of fused-ring (bicyclic) bond motifs is 1. The van der Waals surface area contributed by atoms with Crippen molar-refractivity contribution in [3.05, 3.63) is 0 Å². The van der Waals surface area contributed by atoms with E-state index in [-0.39, 0.29) is 5.60 Å². The molecule has 0 aliphatic heterocycles. The fourth-order valence-electron chi connectivity index (χ4n) is 3.85. The highest BCUT2D eigenvalue weighted by molar-refractivity contribution is 4.95. The molecule has 1 N–H and O–H groups in total. The van der Waals surface area contributed by atoms with Crippen LogP contribution >= 0.6 is 0 Å². The standard InChI is InChI=1S/C13H24O/c1-12(2)7-4-5-10-9-13(3,14)8-6-11(10)12/h10-11,14H,4-9H2,1-3H3/t10-,11+,13+/m0/s1. The topological polar surface area (TPSA) is 20.2 Å². The van der Waals surface area contributed by atoms with Gasteiger partial charge in [0.25, 0.3) is 0 Å². The molecular weight excluding hydrogens is 172 g/mol. The van der Waals surface area contributed by atoms with Gasteiger partial charge in [-0.25, -0.2) is 0 Å². The lowest BCUT2D eigenvalue weighted by molar-refractivity contribution is -0.0654. The molecule has 2 aliphatic carbocycles. The molecule has 0 heterocycles. The molecule has 2 rings (SSSR count). The van der Waals surface area contributed by atoms with E-state index >= 15 is 0 Å². The first-order valence-corrected chi connectivity index (χ1v) is 6.13. The monoisotopic (exact) mass is 196 g/mol. The Kier molecular flexibility index (Phi) is 2.42. The second kappa shape index (κ2) is 3.23. The van der Waals surface area contributed by atoms with Gasteiger partial charge in [-0.2, -0.15) is 0 Å². The minimum absolute atomic E-state index is 0.366. The lowest BCUT2D eigenvalue weighted by atomic mass is 9.57. The van der Waals surface area contributed by atoms with E-state index in [2.05, 4.69) is 13.8 Å². The summed E-state index contributed by atoms with van der Waals surface area (Å²) in [5.74, 6) is 1.67. The van der Waals surface area contributed by atoms with Gasteiger partial charge < -0.3 is 5.11 Å². The highest BCUT2D eigenvalue weighted by atomic mass is 16.3. The van der Waals surface area contributed by atoms with Crippen molar-refractivity contribution in [2.45, 2.75) is 64.9 Å². The van der Waals surface area contributed by atoms with Crippen LogP contribution in [0.5, 0.6) is 0 Å². The predicted molar refractivity (Wildman–Crippen MR) is 59.1 cm³/mol. The summed E-state index contributed by atoms with van der Waals surface area (Å²) in [7, 11) is 0. The smallest absolute Gasteiger partial charge is 0.0622 e. The molecular formula is C13H24O. The summed E-state index contributed by atoms with van der Waals surface area (Å²) in [6.07, 6.45) is 7.40. The van der Waals surface area contributed by atoms with Gasteiger partial charge in [0.1, 0.15) is 0 Å². The summed E-state index contributed by atoms with van der Waals surface area (Å²) in [4.78, 5) is 0. The van der Waals surface area contributed by atoms with E-state index in [9.17, 15) is 5.11 Å². The Morgan fingerprint density at radius 2 is 1.79 bits per heavy atom. The molecule has 1 heteroatoms. The Morgan fingerprint density at radius 1 is 1.07 bits per heavy atom. The van der Waals surface area contributed by atoms with Gasteiger partial charge in [0.05, 0.1) is 5.60 Å². The van der Waals surface area contributed by atoms with Crippen molar-refractivity contribution in [3.8, 4) is 0 Å². The Hall–Kier alpha value is -0.0400. The van der Waals surface area contributed by atoms with Crippen molar-refractivity contribution in [3.63, 3.8) is 0 Å². The Morgan fingerprint density at radius 3 is 2.50 bits per heavy atom. The average molecular weight is 196 g/mol. The highest BCUT2D eigenvalue weighted by Gasteiger charge is 2.44. The Labute approximate surface area is 87.9 Å². The number of hydrogen-bond donors (Lipinski definition) is 1. The molecule has 0 amide bonds. The van der Waals surface area contributed by atoms with E-state index in [0.717, 1.165) is 24.7 Å². The molecule has 2 aliphatic rings. The van der Waals surface area contributed by atoms with Crippen molar-refractivity contribution in [1.29, 1.82) is 0 Å². The zero-order chi connectivity index (χ0) is 10.4. The maximum absolute atomic E-state index is 10.1. The van der Waals surface area contributed by atoms with Crippen LogP contribution in [0.4, 0.5) is 0 Å². The van der Waals surface area contributed by atoms with Gasteiger partial charge in [0.15, 0.2) is 0 Å². The van der Waals surface area contributed by atoms with E-state index in [4.69, 9.17) is 0 Å². The molecule has 3 atom stereocenters. The summed E-state index contributed by atoms with van der Waals surface area (Å²) in [6.45, 7) is 6.86. The second-order valence-corrected chi connectivity index (χ2v) is 6.49. The lowest BCUT2D eigenvalue weighted by Gasteiger charge is -2.50. The molecule has 14 heavy (non-hydrogen) atoms. The van der Waals surface area contributed by atoms with Crippen LogP contribution < -0.4 is 0 Å². The zero-order valence-corrected chi connectivity index (χ0v) is 9.84. The third kappa shape index (κ3) is 1.84. The minimum atomic E-state index is -0.366. The van der Waals surface area contributed by atoms with Crippen LogP contribution in [0.3, 0.4) is 0 Å². The van der Waals surface area contributed by atoms with Crippen LogP contribution in [0.1, 0.15) is 59.3 Å². The Balaban J connectivity index is 2.11. The molecule has 0 spiro atoms. The van der Waals surface area contributed by atoms with Crippen LogP contribution in [-0.4, -0.2) is 10.7 Å². The molecule has 0 aromatic rings. The largest absolute Gasteiger partial charge is 0.390 e. The molecule has 82 valence electrons. The van der Waals surface area contributed by atoms with Crippen molar-refractivity contribution in [2.75, 3.05) is 0 Å². The van der Waals surface area contributed by atoms with Crippen LogP contribution in [0.2, 0.25) is 0 Å². The van der Waals surface area contributed by atoms with E-state index in [1.807, 2.05) is 6.92 Å². The quantitative estimate of drug-likeness (QED) is 0.630. The third-order valence-corrected chi connectivity index (χ3v) is 4.66. The van der Waals surface area contributed by atoms with Crippen molar-refractivity contribution >= 4 is 0 Å². The predicted octanol–water partition coefficient (Wildman–Crippen LogP) is 3.36. The lowest BCUT2D eigenvalue weighted by Crippen LogP contribution is -2.44.